The number of nitrogen functional groups attached to an aromatic ring is 1. The normalized spacial score (nSPS) is 9.68. The summed E-state index contributed by atoms with van der Waals surface area (Å²) in [4.78, 5) is 7.95. The van der Waals surface area contributed by atoms with Gasteiger partial charge in [0.1, 0.15) is 5.82 Å². The van der Waals surface area contributed by atoms with E-state index in [1.165, 1.54) is 7.11 Å². The summed E-state index contributed by atoms with van der Waals surface area (Å²) in [5.41, 5.74) is 7.17. The average Bonchev–Trinajstić information content (AvgIpc) is 2.44. The fourth-order valence-corrected chi connectivity index (χ4v) is 1.58. The summed E-state index contributed by atoms with van der Waals surface area (Å²) in [6.45, 7) is 0.537. The van der Waals surface area contributed by atoms with E-state index in [4.69, 9.17) is 15.7 Å². The lowest BCUT2D eigenvalue weighted by molar-refractivity contribution is 0.398. The number of hydrogen-bond donors (Lipinski definition) is 2. The minimum Gasteiger partial charge on any atom is -0.481 e. The van der Waals surface area contributed by atoms with Gasteiger partial charge in [-0.3, -0.25) is 0 Å². The van der Waals surface area contributed by atoms with Crippen LogP contribution in [0.15, 0.2) is 30.3 Å². The molecule has 6 heteroatoms. The van der Waals surface area contributed by atoms with Crippen LogP contribution in [-0.2, 0) is 6.54 Å². The van der Waals surface area contributed by atoms with Gasteiger partial charge in [-0.05, 0) is 17.7 Å². The third-order valence-electron chi connectivity index (χ3n) is 2.46. The maximum absolute atomic E-state index is 8.83. The number of nitriles is 1. The van der Waals surface area contributed by atoms with Crippen molar-refractivity contribution in [1.82, 2.24) is 9.97 Å². The minimum atomic E-state index is 0.146. The predicted molar refractivity (Wildman–Crippen MR) is 71.5 cm³/mol. The van der Waals surface area contributed by atoms with Crippen molar-refractivity contribution in [3.63, 3.8) is 0 Å². The summed E-state index contributed by atoms with van der Waals surface area (Å²) in [6, 6.07) is 11.1. The first kappa shape index (κ1) is 12.6. The third kappa shape index (κ3) is 3.33. The molecule has 0 fully saturated rings. The Kier molecular flexibility index (Phi) is 3.78. The second-order valence-electron chi connectivity index (χ2n) is 3.82. The highest BCUT2D eigenvalue weighted by molar-refractivity contribution is 5.44. The van der Waals surface area contributed by atoms with Crippen molar-refractivity contribution in [1.29, 1.82) is 5.26 Å². The van der Waals surface area contributed by atoms with Crippen LogP contribution in [-0.4, -0.2) is 17.1 Å². The van der Waals surface area contributed by atoms with E-state index in [0.717, 1.165) is 5.56 Å². The Hall–Kier alpha value is -2.81. The van der Waals surface area contributed by atoms with Crippen molar-refractivity contribution in [2.75, 3.05) is 18.2 Å². The van der Waals surface area contributed by atoms with Crippen LogP contribution >= 0.6 is 0 Å². The van der Waals surface area contributed by atoms with E-state index >= 15 is 0 Å². The Morgan fingerprint density at radius 1 is 1.37 bits per heavy atom. The van der Waals surface area contributed by atoms with E-state index in [2.05, 4.69) is 21.4 Å². The van der Waals surface area contributed by atoms with Crippen molar-refractivity contribution >= 4 is 11.8 Å². The lowest BCUT2D eigenvalue weighted by Crippen LogP contribution is -2.05. The van der Waals surface area contributed by atoms with Crippen molar-refractivity contribution < 1.29 is 4.74 Å². The van der Waals surface area contributed by atoms with Crippen LogP contribution in [0.1, 0.15) is 11.1 Å². The summed E-state index contributed by atoms with van der Waals surface area (Å²) < 4.78 is 5.01. The fraction of sp³-hybridized carbons (Fsp3) is 0.154. The molecule has 0 saturated heterocycles. The molecule has 19 heavy (non-hydrogen) atoms. The molecule has 0 amide bonds. The number of nitrogens with two attached hydrogens (primary N) is 1. The van der Waals surface area contributed by atoms with Gasteiger partial charge in [0.05, 0.1) is 18.7 Å². The smallest absolute Gasteiger partial charge is 0.225 e. The topological polar surface area (TPSA) is 96.8 Å². The van der Waals surface area contributed by atoms with Crippen molar-refractivity contribution in [2.45, 2.75) is 6.54 Å². The highest BCUT2D eigenvalue weighted by Crippen LogP contribution is 2.15. The standard InChI is InChI=1S/C13H13N5O/c1-19-12-6-11(17-13(15)18-12)16-8-10-4-2-3-9(5-10)7-14/h2-6H,8H2,1H3,(H3,15,16,17,18). The van der Waals surface area contributed by atoms with E-state index in [1.807, 2.05) is 18.2 Å². The number of rotatable bonds is 4. The monoisotopic (exact) mass is 255 g/mol. The third-order valence-corrected chi connectivity index (χ3v) is 2.46. The fourth-order valence-electron chi connectivity index (χ4n) is 1.58. The van der Waals surface area contributed by atoms with Crippen LogP contribution in [0.25, 0.3) is 0 Å². The molecule has 0 radical (unpaired) electrons. The molecule has 0 saturated carbocycles. The molecule has 0 spiro atoms. The molecule has 1 aromatic heterocycles. The molecule has 0 unspecified atom stereocenters. The molecule has 1 aromatic carbocycles. The van der Waals surface area contributed by atoms with Crippen molar-refractivity contribution in [2.24, 2.45) is 0 Å². The zero-order valence-corrected chi connectivity index (χ0v) is 10.4. The van der Waals surface area contributed by atoms with Gasteiger partial charge in [-0.15, -0.1) is 0 Å². The molecule has 2 rings (SSSR count). The Morgan fingerprint density at radius 2 is 2.21 bits per heavy atom. The zero-order chi connectivity index (χ0) is 13.7. The van der Waals surface area contributed by atoms with Gasteiger partial charge in [0.2, 0.25) is 11.8 Å². The second-order valence-corrected chi connectivity index (χ2v) is 3.82. The molecule has 0 aliphatic rings. The molecule has 1 heterocycles. The van der Waals surface area contributed by atoms with Crippen LogP contribution in [0, 0.1) is 11.3 Å². The number of benzene rings is 1. The Bertz CT molecular complexity index is 621. The van der Waals surface area contributed by atoms with Crippen LogP contribution in [0.3, 0.4) is 0 Å². The summed E-state index contributed by atoms with van der Waals surface area (Å²) >= 11 is 0. The molecule has 0 aliphatic heterocycles. The number of hydrogen-bond acceptors (Lipinski definition) is 6. The number of nitrogens with zero attached hydrogens (tertiary/aromatic N) is 3. The summed E-state index contributed by atoms with van der Waals surface area (Å²) in [5.74, 6) is 1.13. The number of aromatic nitrogens is 2. The minimum absolute atomic E-state index is 0.146. The SMILES string of the molecule is COc1cc(NCc2cccc(C#N)c2)nc(N)n1. The van der Waals surface area contributed by atoms with Gasteiger partial charge in [0, 0.05) is 12.6 Å². The first-order valence-corrected chi connectivity index (χ1v) is 5.62. The second kappa shape index (κ2) is 5.69. The van der Waals surface area contributed by atoms with Gasteiger partial charge in [0.15, 0.2) is 0 Å². The van der Waals surface area contributed by atoms with Gasteiger partial charge in [-0.1, -0.05) is 12.1 Å². The zero-order valence-electron chi connectivity index (χ0n) is 10.4. The van der Waals surface area contributed by atoms with Crippen LogP contribution in [0.4, 0.5) is 11.8 Å². The van der Waals surface area contributed by atoms with Gasteiger partial charge in [0.25, 0.3) is 0 Å². The van der Waals surface area contributed by atoms with E-state index in [9.17, 15) is 0 Å². The largest absolute Gasteiger partial charge is 0.481 e. The van der Waals surface area contributed by atoms with E-state index in [-0.39, 0.29) is 5.95 Å². The quantitative estimate of drug-likeness (QED) is 0.860. The molecule has 0 bridgehead atoms. The first-order chi connectivity index (χ1) is 9.21. The number of methoxy groups -OCH3 is 1. The summed E-state index contributed by atoms with van der Waals surface area (Å²) in [6.07, 6.45) is 0. The Labute approximate surface area is 110 Å². The van der Waals surface area contributed by atoms with E-state index < -0.39 is 0 Å². The van der Waals surface area contributed by atoms with E-state index in [1.54, 1.807) is 12.1 Å². The number of anilines is 2. The van der Waals surface area contributed by atoms with Gasteiger partial charge >= 0.3 is 0 Å². The molecule has 6 nitrogen and oxygen atoms in total. The van der Waals surface area contributed by atoms with E-state index in [0.29, 0.717) is 23.8 Å². The molecule has 3 N–H and O–H groups in total. The maximum atomic E-state index is 8.83. The predicted octanol–water partition coefficient (Wildman–Crippen LogP) is 1.55. The lowest BCUT2D eigenvalue weighted by Gasteiger charge is -2.08. The van der Waals surface area contributed by atoms with Crippen LogP contribution in [0.2, 0.25) is 0 Å². The summed E-state index contributed by atoms with van der Waals surface area (Å²) in [7, 11) is 1.52. The Morgan fingerprint density at radius 3 is 2.95 bits per heavy atom. The number of nitrogens with one attached hydrogen (secondary N) is 1. The van der Waals surface area contributed by atoms with Crippen molar-refractivity contribution in [3.05, 3.63) is 41.5 Å². The molecule has 0 aliphatic carbocycles. The van der Waals surface area contributed by atoms with Crippen molar-refractivity contribution in [3.8, 4) is 11.9 Å². The van der Waals surface area contributed by atoms with Gasteiger partial charge < -0.3 is 15.8 Å². The lowest BCUT2D eigenvalue weighted by atomic mass is 10.1. The van der Waals surface area contributed by atoms with Gasteiger partial charge in [-0.2, -0.15) is 15.2 Å². The van der Waals surface area contributed by atoms with Gasteiger partial charge in [-0.25, -0.2) is 0 Å². The van der Waals surface area contributed by atoms with Crippen LogP contribution in [0.5, 0.6) is 5.88 Å². The summed E-state index contributed by atoms with van der Waals surface area (Å²) in [5, 5.41) is 11.9. The maximum Gasteiger partial charge on any atom is 0.225 e. The highest BCUT2D eigenvalue weighted by atomic mass is 16.5. The Balaban J connectivity index is 2.10. The molecule has 96 valence electrons. The molecule has 0 atom stereocenters. The molecular weight excluding hydrogens is 242 g/mol. The first-order valence-electron chi connectivity index (χ1n) is 5.62. The average molecular weight is 255 g/mol. The molecular formula is C13H13N5O. The highest BCUT2D eigenvalue weighted by Gasteiger charge is 2.02. The van der Waals surface area contributed by atoms with Crippen LogP contribution < -0.4 is 15.8 Å². The molecule has 2 aromatic rings. The number of ether oxygens (including phenoxy) is 1.